The molecule has 2 aromatic heterocycles. The van der Waals surface area contributed by atoms with E-state index in [9.17, 15) is 9.59 Å². The SMILES string of the molecule is CCc1nnc(NC(=O)c2c[nH]ccc2=O)nc1CC. The maximum absolute atomic E-state index is 12.0. The summed E-state index contributed by atoms with van der Waals surface area (Å²) in [7, 11) is 0. The number of nitrogens with zero attached hydrogens (tertiary/aromatic N) is 3. The highest BCUT2D eigenvalue weighted by molar-refractivity contribution is 6.02. The van der Waals surface area contributed by atoms with E-state index in [0.29, 0.717) is 6.42 Å². The molecule has 7 nitrogen and oxygen atoms in total. The van der Waals surface area contributed by atoms with Crippen molar-refractivity contribution in [2.45, 2.75) is 26.7 Å². The molecule has 0 radical (unpaired) electrons. The maximum Gasteiger partial charge on any atom is 0.263 e. The van der Waals surface area contributed by atoms with Gasteiger partial charge in [-0.1, -0.05) is 13.8 Å². The maximum atomic E-state index is 12.0. The van der Waals surface area contributed by atoms with Crippen LogP contribution in [0.2, 0.25) is 0 Å². The van der Waals surface area contributed by atoms with E-state index in [2.05, 4.69) is 25.5 Å². The monoisotopic (exact) mass is 273 g/mol. The second-order valence-corrected chi connectivity index (χ2v) is 4.11. The van der Waals surface area contributed by atoms with Crippen LogP contribution in [0.25, 0.3) is 0 Å². The number of hydrogen-bond donors (Lipinski definition) is 2. The van der Waals surface area contributed by atoms with E-state index in [1.807, 2.05) is 13.8 Å². The molecule has 0 bridgehead atoms. The number of hydrogen-bond acceptors (Lipinski definition) is 5. The molecule has 0 spiro atoms. The summed E-state index contributed by atoms with van der Waals surface area (Å²) in [6, 6.07) is 1.28. The molecule has 0 atom stereocenters. The van der Waals surface area contributed by atoms with Crippen LogP contribution in [0.4, 0.5) is 5.95 Å². The van der Waals surface area contributed by atoms with E-state index in [1.165, 1.54) is 18.5 Å². The highest BCUT2D eigenvalue weighted by Gasteiger charge is 2.13. The molecule has 0 saturated heterocycles. The van der Waals surface area contributed by atoms with Crippen LogP contribution >= 0.6 is 0 Å². The van der Waals surface area contributed by atoms with Crippen molar-refractivity contribution in [1.29, 1.82) is 0 Å². The normalized spacial score (nSPS) is 10.3. The van der Waals surface area contributed by atoms with Crippen molar-refractivity contribution in [1.82, 2.24) is 20.2 Å². The lowest BCUT2D eigenvalue weighted by Gasteiger charge is -2.06. The molecule has 7 heteroatoms. The average molecular weight is 273 g/mol. The summed E-state index contributed by atoms with van der Waals surface area (Å²) in [6.45, 7) is 3.92. The van der Waals surface area contributed by atoms with Gasteiger partial charge in [-0.05, 0) is 12.8 Å². The van der Waals surface area contributed by atoms with Crippen molar-refractivity contribution >= 4 is 11.9 Å². The predicted octanol–water partition coefficient (Wildman–Crippen LogP) is 0.937. The first-order valence-corrected chi connectivity index (χ1v) is 6.36. The molecule has 0 saturated carbocycles. The Hall–Kier alpha value is -2.57. The van der Waals surface area contributed by atoms with Gasteiger partial charge in [0.1, 0.15) is 5.56 Å². The topological polar surface area (TPSA) is 101 Å². The zero-order valence-corrected chi connectivity index (χ0v) is 11.3. The van der Waals surface area contributed by atoms with Gasteiger partial charge >= 0.3 is 0 Å². The van der Waals surface area contributed by atoms with Gasteiger partial charge in [-0.25, -0.2) is 4.98 Å². The lowest BCUT2D eigenvalue weighted by Crippen LogP contribution is -2.22. The minimum Gasteiger partial charge on any atom is -0.367 e. The Kier molecular flexibility index (Phi) is 4.19. The number of amides is 1. The molecule has 0 aromatic carbocycles. The van der Waals surface area contributed by atoms with Crippen LogP contribution in [0.15, 0.2) is 23.3 Å². The van der Waals surface area contributed by atoms with Gasteiger partial charge in [-0.2, -0.15) is 0 Å². The number of carbonyl (C=O) groups excluding carboxylic acids is 1. The second-order valence-electron chi connectivity index (χ2n) is 4.11. The van der Waals surface area contributed by atoms with E-state index in [-0.39, 0.29) is 16.9 Å². The third-order valence-corrected chi connectivity index (χ3v) is 2.80. The molecule has 2 aromatic rings. The van der Waals surface area contributed by atoms with Crippen molar-refractivity contribution in [2.75, 3.05) is 5.32 Å². The summed E-state index contributed by atoms with van der Waals surface area (Å²) in [4.78, 5) is 30.4. The van der Waals surface area contributed by atoms with Crippen LogP contribution < -0.4 is 10.7 Å². The highest BCUT2D eigenvalue weighted by atomic mass is 16.2. The fraction of sp³-hybridized carbons (Fsp3) is 0.308. The standard InChI is InChI=1S/C13H15N5O2/c1-3-9-10(4-2)17-18-13(15-9)16-12(20)8-7-14-6-5-11(8)19/h5-7H,3-4H2,1-2H3,(H,14,19)(H,15,16,18,20). The van der Waals surface area contributed by atoms with Crippen molar-refractivity contribution < 1.29 is 4.79 Å². The quantitative estimate of drug-likeness (QED) is 0.863. The number of aromatic nitrogens is 4. The molecule has 0 fully saturated rings. The molecule has 20 heavy (non-hydrogen) atoms. The predicted molar refractivity (Wildman–Crippen MR) is 73.6 cm³/mol. The lowest BCUT2D eigenvalue weighted by atomic mass is 10.2. The van der Waals surface area contributed by atoms with Crippen molar-refractivity contribution in [3.05, 3.63) is 45.6 Å². The molecule has 0 aliphatic rings. The van der Waals surface area contributed by atoms with Gasteiger partial charge in [-0.3, -0.25) is 14.9 Å². The van der Waals surface area contributed by atoms with Crippen molar-refractivity contribution in [3.63, 3.8) is 0 Å². The molecular formula is C13H15N5O2. The molecule has 1 amide bonds. The number of aryl methyl sites for hydroxylation is 2. The van der Waals surface area contributed by atoms with E-state index in [1.54, 1.807) is 0 Å². The third-order valence-electron chi connectivity index (χ3n) is 2.80. The summed E-state index contributed by atoms with van der Waals surface area (Å²) >= 11 is 0. The first-order valence-electron chi connectivity index (χ1n) is 6.36. The molecular weight excluding hydrogens is 258 g/mol. The molecule has 0 aliphatic heterocycles. The number of carbonyl (C=O) groups is 1. The number of aromatic amines is 1. The number of nitrogens with one attached hydrogen (secondary N) is 2. The van der Waals surface area contributed by atoms with Crippen LogP contribution in [0, 0.1) is 0 Å². The van der Waals surface area contributed by atoms with Crippen LogP contribution in [0.5, 0.6) is 0 Å². The molecule has 0 unspecified atom stereocenters. The van der Waals surface area contributed by atoms with Crippen LogP contribution in [0.3, 0.4) is 0 Å². The largest absolute Gasteiger partial charge is 0.367 e. The van der Waals surface area contributed by atoms with Gasteiger partial charge in [0, 0.05) is 18.5 Å². The number of rotatable bonds is 4. The minimum atomic E-state index is -0.556. The number of pyridine rings is 1. The van der Waals surface area contributed by atoms with Gasteiger partial charge in [0.05, 0.1) is 11.4 Å². The van der Waals surface area contributed by atoms with Crippen LogP contribution in [0.1, 0.15) is 35.6 Å². The van der Waals surface area contributed by atoms with Gasteiger partial charge in [0.25, 0.3) is 5.91 Å². The van der Waals surface area contributed by atoms with Crippen molar-refractivity contribution in [2.24, 2.45) is 0 Å². The Bertz CT molecular complexity index is 680. The average Bonchev–Trinajstić information content (AvgIpc) is 2.47. The Morgan fingerprint density at radius 3 is 2.65 bits per heavy atom. The Labute approximate surface area is 115 Å². The second kappa shape index (κ2) is 6.05. The fourth-order valence-electron chi connectivity index (χ4n) is 1.75. The minimum absolute atomic E-state index is 0.00807. The summed E-state index contributed by atoms with van der Waals surface area (Å²) in [5.41, 5.74) is 1.24. The summed E-state index contributed by atoms with van der Waals surface area (Å²) in [6.07, 6.45) is 4.23. The molecule has 2 N–H and O–H groups in total. The molecule has 0 aliphatic carbocycles. The van der Waals surface area contributed by atoms with Gasteiger partial charge < -0.3 is 4.98 Å². The van der Waals surface area contributed by atoms with Gasteiger partial charge in [0.2, 0.25) is 5.95 Å². The lowest BCUT2D eigenvalue weighted by molar-refractivity contribution is 0.102. The third kappa shape index (κ3) is 2.87. The van der Waals surface area contributed by atoms with E-state index < -0.39 is 5.91 Å². The number of anilines is 1. The van der Waals surface area contributed by atoms with Gasteiger partial charge in [0.15, 0.2) is 5.43 Å². The van der Waals surface area contributed by atoms with Gasteiger partial charge in [-0.15, -0.1) is 10.2 Å². The summed E-state index contributed by atoms with van der Waals surface area (Å²) in [5.74, 6) is -0.452. The Morgan fingerprint density at radius 2 is 2.00 bits per heavy atom. The molecule has 2 rings (SSSR count). The Balaban J connectivity index is 2.24. The number of H-pyrrole nitrogens is 1. The molecule has 2 heterocycles. The zero-order chi connectivity index (χ0) is 14.5. The van der Waals surface area contributed by atoms with Crippen molar-refractivity contribution in [3.8, 4) is 0 Å². The van der Waals surface area contributed by atoms with E-state index in [0.717, 1.165) is 17.8 Å². The van der Waals surface area contributed by atoms with Crippen LogP contribution in [-0.4, -0.2) is 26.1 Å². The first kappa shape index (κ1) is 13.9. The highest BCUT2D eigenvalue weighted by Crippen LogP contribution is 2.07. The summed E-state index contributed by atoms with van der Waals surface area (Å²) in [5, 5.41) is 10.4. The smallest absolute Gasteiger partial charge is 0.263 e. The zero-order valence-electron chi connectivity index (χ0n) is 11.3. The van der Waals surface area contributed by atoms with E-state index in [4.69, 9.17) is 0 Å². The fourth-order valence-corrected chi connectivity index (χ4v) is 1.75. The summed E-state index contributed by atoms with van der Waals surface area (Å²) < 4.78 is 0. The van der Waals surface area contributed by atoms with E-state index >= 15 is 0 Å². The first-order chi connectivity index (χ1) is 9.65. The Morgan fingerprint density at radius 1 is 1.25 bits per heavy atom. The van der Waals surface area contributed by atoms with Crippen LogP contribution in [-0.2, 0) is 12.8 Å². The molecule has 104 valence electrons.